The van der Waals surface area contributed by atoms with E-state index in [2.05, 4.69) is 39.0 Å². The van der Waals surface area contributed by atoms with Crippen LogP contribution in [0, 0.1) is 5.92 Å². The number of benzene rings is 1. The lowest BCUT2D eigenvalue weighted by molar-refractivity contribution is -0.126. The molecule has 0 atom stereocenters. The molecule has 1 aliphatic heterocycles. The molecule has 1 aliphatic carbocycles. The van der Waals surface area contributed by atoms with Crippen molar-refractivity contribution in [2.75, 3.05) is 18.0 Å². The summed E-state index contributed by atoms with van der Waals surface area (Å²) in [5, 5.41) is 3.07. The van der Waals surface area contributed by atoms with Crippen molar-refractivity contribution in [2.45, 2.75) is 64.5 Å². The fourth-order valence-electron chi connectivity index (χ4n) is 4.52. The van der Waals surface area contributed by atoms with Crippen LogP contribution in [0.5, 0.6) is 0 Å². The minimum atomic E-state index is 0.137. The van der Waals surface area contributed by atoms with E-state index in [0.717, 1.165) is 37.4 Å². The quantitative estimate of drug-likeness (QED) is 0.906. The average Bonchev–Trinajstić information content (AvgIpc) is 3.28. The maximum Gasteiger partial charge on any atom is 0.223 e. The first-order chi connectivity index (χ1) is 12.6. The highest BCUT2D eigenvalue weighted by Crippen LogP contribution is 2.37. The highest BCUT2D eigenvalue weighted by molar-refractivity contribution is 5.80. The molecule has 5 heteroatoms. The molecule has 1 saturated carbocycles. The van der Waals surface area contributed by atoms with Crippen molar-refractivity contribution in [3.63, 3.8) is 0 Å². The van der Waals surface area contributed by atoms with E-state index in [4.69, 9.17) is 4.98 Å². The number of rotatable bonds is 4. The summed E-state index contributed by atoms with van der Waals surface area (Å²) in [6.45, 7) is 5.87. The van der Waals surface area contributed by atoms with Crippen molar-refractivity contribution >= 4 is 22.9 Å². The molecule has 1 amide bonds. The molecule has 140 valence electrons. The van der Waals surface area contributed by atoms with E-state index >= 15 is 0 Å². The molecule has 1 aromatic heterocycles. The number of imidazole rings is 1. The highest BCUT2D eigenvalue weighted by atomic mass is 16.1. The topological polar surface area (TPSA) is 50.2 Å². The third-order valence-electron chi connectivity index (χ3n) is 5.85. The van der Waals surface area contributed by atoms with Gasteiger partial charge in [0.15, 0.2) is 0 Å². The fraction of sp³-hybridized carbons (Fsp3) is 0.619. The van der Waals surface area contributed by atoms with Crippen LogP contribution in [0.3, 0.4) is 0 Å². The van der Waals surface area contributed by atoms with Crippen LogP contribution in [0.1, 0.15) is 58.4 Å². The minimum Gasteiger partial charge on any atom is -0.354 e. The summed E-state index contributed by atoms with van der Waals surface area (Å²) in [4.78, 5) is 19.7. The molecule has 0 radical (unpaired) electrons. The van der Waals surface area contributed by atoms with Gasteiger partial charge in [-0.1, -0.05) is 25.0 Å². The number of hydrogen-bond acceptors (Lipinski definition) is 3. The van der Waals surface area contributed by atoms with E-state index in [-0.39, 0.29) is 17.9 Å². The predicted octanol–water partition coefficient (Wildman–Crippen LogP) is 3.89. The third kappa shape index (κ3) is 3.31. The van der Waals surface area contributed by atoms with Gasteiger partial charge in [-0.25, -0.2) is 4.98 Å². The number of nitrogens with zero attached hydrogens (tertiary/aromatic N) is 3. The number of carbonyl (C=O) groups excluding carboxylic acids is 1. The standard InChI is InChI=1S/C21H30N4O/c1-15(2)22-20(26)16-11-13-24(14-12-16)21-23-18-9-5-6-10-19(18)25(21)17-7-3-4-8-17/h5-6,9-10,15-17H,3-4,7-8,11-14H2,1-2H3,(H,22,26). The van der Waals surface area contributed by atoms with Gasteiger partial charge < -0.3 is 14.8 Å². The maximum absolute atomic E-state index is 12.3. The van der Waals surface area contributed by atoms with Crippen molar-refractivity contribution in [3.05, 3.63) is 24.3 Å². The third-order valence-corrected chi connectivity index (χ3v) is 5.85. The summed E-state index contributed by atoms with van der Waals surface area (Å²) in [5.74, 6) is 1.46. The molecule has 2 aliphatic rings. The molecule has 1 aromatic carbocycles. The summed E-state index contributed by atoms with van der Waals surface area (Å²) in [6.07, 6.45) is 6.95. The first-order valence-electron chi connectivity index (χ1n) is 10.2. The van der Waals surface area contributed by atoms with Crippen LogP contribution in [0.15, 0.2) is 24.3 Å². The second-order valence-electron chi connectivity index (χ2n) is 8.13. The van der Waals surface area contributed by atoms with E-state index in [1.807, 2.05) is 13.8 Å². The normalized spacial score (nSPS) is 19.6. The molecule has 4 rings (SSSR count). The van der Waals surface area contributed by atoms with Crippen molar-refractivity contribution in [2.24, 2.45) is 5.92 Å². The number of aromatic nitrogens is 2. The molecule has 1 N–H and O–H groups in total. The van der Waals surface area contributed by atoms with Gasteiger partial charge in [-0.2, -0.15) is 0 Å². The van der Waals surface area contributed by atoms with Crippen LogP contribution in [-0.4, -0.2) is 34.6 Å². The summed E-state index contributed by atoms with van der Waals surface area (Å²) < 4.78 is 2.48. The average molecular weight is 354 g/mol. The predicted molar refractivity (Wildman–Crippen MR) is 105 cm³/mol. The zero-order valence-corrected chi connectivity index (χ0v) is 15.9. The van der Waals surface area contributed by atoms with E-state index in [1.165, 1.54) is 31.2 Å². The number of para-hydroxylation sites is 2. The second kappa shape index (κ2) is 7.29. The Bertz CT molecular complexity index is 767. The minimum absolute atomic E-state index is 0.137. The zero-order chi connectivity index (χ0) is 18.1. The lowest BCUT2D eigenvalue weighted by atomic mass is 9.96. The van der Waals surface area contributed by atoms with Crippen molar-refractivity contribution < 1.29 is 4.79 Å². The summed E-state index contributed by atoms with van der Waals surface area (Å²) in [7, 11) is 0. The van der Waals surface area contributed by atoms with E-state index in [1.54, 1.807) is 0 Å². The van der Waals surface area contributed by atoms with E-state index in [9.17, 15) is 4.79 Å². The number of amides is 1. The summed E-state index contributed by atoms with van der Waals surface area (Å²) in [5.41, 5.74) is 2.35. The smallest absolute Gasteiger partial charge is 0.223 e. The zero-order valence-electron chi connectivity index (χ0n) is 15.9. The van der Waals surface area contributed by atoms with Gasteiger partial charge >= 0.3 is 0 Å². The molecular weight excluding hydrogens is 324 g/mol. The molecule has 0 spiro atoms. The Balaban J connectivity index is 1.56. The van der Waals surface area contributed by atoms with Crippen LogP contribution in [0.25, 0.3) is 11.0 Å². The molecule has 5 nitrogen and oxygen atoms in total. The Morgan fingerprint density at radius 1 is 1.12 bits per heavy atom. The largest absolute Gasteiger partial charge is 0.354 e. The number of hydrogen-bond donors (Lipinski definition) is 1. The van der Waals surface area contributed by atoms with Crippen LogP contribution in [0.4, 0.5) is 5.95 Å². The Hall–Kier alpha value is -2.04. The van der Waals surface area contributed by atoms with Crippen molar-refractivity contribution in [1.82, 2.24) is 14.9 Å². The van der Waals surface area contributed by atoms with Crippen LogP contribution in [-0.2, 0) is 4.79 Å². The van der Waals surface area contributed by atoms with Gasteiger partial charge in [0.2, 0.25) is 11.9 Å². The Morgan fingerprint density at radius 3 is 2.50 bits per heavy atom. The number of carbonyl (C=O) groups is 1. The van der Waals surface area contributed by atoms with Gasteiger partial charge in [0.1, 0.15) is 0 Å². The van der Waals surface area contributed by atoms with E-state index in [0.29, 0.717) is 6.04 Å². The summed E-state index contributed by atoms with van der Waals surface area (Å²) in [6, 6.07) is 9.29. The summed E-state index contributed by atoms with van der Waals surface area (Å²) >= 11 is 0. The monoisotopic (exact) mass is 354 g/mol. The lowest BCUT2D eigenvalue weighted by Gasteiger charge is -2.33. The van der Waals surface area contributed by atoms with Crippen LogP contribution >= 0.6 is 0 Å². The molecule has 2 heterocycles. The van der Waals surface area contributed by atoms with Crippen LogP contribution < -0.4 is 10.2 Å². The van der Waals surface area contributed by atoms with Gasteiger partial charge in [-0.3, -0.25) is 4.79 Å². The first-order valence-corrected chi connectivity index (χ1v) is 10.2. The SMILES string of the molecule is CC(C)NC(=O)C1CCN(c2nc3ccccc3n2C2CCCC2)CC1. The van der Waals surface area contributed by atoms with Gasteiger partial charge in [0.25, 0.3) is 0 Å². The van der Waals surface area contributed by atoms with Crippen molar-refractivity contribution in [1.29, 1.82) is 0 Å². The van der Waals surface area contributed by atoms with E-state index < -0.39 is 0 Å². The second-order valence-corrected chi connectivity index (χ2v) is 8.13. The molecule has 0 bridgehead atoms. The molecule has 26 heavy (non-hydrogen) atoms. The lowest BCUT2D eigenvalue weighted by Crippen LogP contribution is -2.43. The van der Waals surface area contributed by atoms with Gasteiger partial charge in [-0.15, -0.1) is 0 Å². The molecule has 0 unspecified atom stereocenters. The molecule has 1 saturated heterocycles. The highest BCUT2D eigenvalue weighted by Gasteiger charge is 2.30. The number of anilines is 1. The number of nitrogens with one attached hydrogen (secondary N) is 1. The van der Waals surface area contributed by atoms with Gasteiger partial charge in [0.05, 0.1) is 11.0 Å². The molecule has 2 fully saturated rings. The maximum atomic E-state index is 12.3. The number of piperidine rings is 1. The van der Waals surface area contributed by atoms with Crippen molar-refractivity contribution in [3.8, 4) is 0 Å². The molecule has 2 aromatic rings. The first kappa shape index (κ1) is 17.4. The van der Waals surface area contributed by atoms with Crippen LogP contribution in [0.2, 0.25) is 0 Å². The van der Waals surface area contributed by atoms with Gasteiger partial charge in [-0.05, 0) is 51.7 Å². The Labute approximate surface area is 155 Å². The molecular formula is C21H30N4O. The number of fused-ring (bicyclic) bond motifs is 1. The Morgan fingerprint density at radius 2 is 1.81 bits per heavy atom. The fourth-order valence-corrected chi connectivity index (χ4v) is 4.52. The van der Waals surface area contributed by atoms with Gasteiger partial charge in [0, 0.05) is 31.1 Å². The Kier molecular flexibility index (Phi) is 4.88.